The Bertz CT molecular complexity index is 417. The molecule has 1 aliphatic heterocycles. The van der Waals surface area contributed by atoms with Crippen LogP contribution in [0.15, 0.2) is 0 Å². The van der Waals surface area contributed by atoms with E-state index in [9.17, 15) is 9.59 Å². The summed E-state index contributed by atoms with van der Waals surface area (Å²) < 4.78 is 3.77. The first-order chi connectivity index (χ1) is 7.72. The average molecular weight is 240 g/mol. The fourth-order valence-electron chi connectivity index (χ4n) is 1.56. The van der Waals surface area contributed by atoms with Gasteiger partial charge in [0.25, 0.3) is 5.91 Å². The Kier molecular flexibility index (Phi) is 3.14. The van der Waals surface area contributed by atoms with Gasteiger partial charge in [-0.2, -0.15) is 0 Å². The highest BCUT2D eigenvalue weighted by Gasteiger charge is 2.25. The number of hydrogen-bond donors (Lipinski definition) is 1. The van der Waals surface area contributed by atoms with Crippen molar-refractivity contribution in [2.75, 3.05) is 19.6 Å². The summed E-state index contributed by atoms with van der Waals surface area (Å²) >= 11 is 1.09. The molecular formula is C9H12N4O2S. The standard InChI is InChI=1S/C9H12N4O2S/c1-2-6-8(16-12-11-6)9(15)13-4-3-10-7(14)5-13/h2-5H2,1H3,(H,10,14). The highest BCUT2D eigenvalue weighted by Crippen LogP contribution is 2.14. The number of nitrogens with one attached hydrogen (secondary N) is 1. The number of carbonyl (C=O) groups is 2. The third-order valence-electron chi connectivity index (χ3n) is 2.41. The maximum atomic E-state index is 12.1. The first kappa shape index (κ1) is 11.0. The van der Waals surface area contributed by atoms with Gasteiger partial charge in [-0.25, -0.2) is 0 Å². The van der Waals surface area contributed by atoms with Crippen LogP contribution in [-0.4, -0.2) is 45.9 Å². The first-order valence-electron chi connectivity index (χ1n) is 5.09. The number of amides is 2. The molecule has 2 rings (SSSR count). The van der Waals surface area contributed by atoms with Crippen molar-refractivity contribution in [2.24, 2.45) is 0 Å². The summed E-state index contributed by atoms with van der Waals surface area (Å²) in [5.74, 6) is -0.253. The summed E-state index contributed by atoms with van der Waals surface area (Å²) in [7, 11) is 0. The second-order valence-corrected chi connectivity index (χ2v) is 4.23. The molecule has 86 valence electrons. The van der Waals surface area contributed by atoms with Crippen molar-refractivity contribution in [1.82, 2.24) is 19.8 Å². The second-order valence-electron chi connectivity index (χ2n) is 3.48. The molecule has 0 saturated carbocycles. The van der Waals surface area contributed by atoms with Crippen LogP contribution in [0.3, 0.4) is 0 Å². The Hall–Kier alpha value is -1.50. The van der Waals surface area contributed by atoms with E-state index in [2.05, 4.69) is 14.9 Å². The van der Waals surface area contributed by atoms with Gasteiger partial charge in [-0.1, -0.05) is 11.4 Å². The Morgan fingerprint density at radius 1 is 1.62 bits per heavy atom. The number of piperazine rings is 1. The lowest BCUT2D eigenvalue weighted by atomic mass is 10.2. The molecule has 0 unspecified atom stereocenters. The molecule has 1 aromatic heterocycles. The molecule has 2 amide bonds. The zero-order valence-electron chi connectivity index (χ0n) is 8.89. The second kappa shape index (κ2) is 4.56. The number of aryl methyl sites for hydroxylation is 1. The first-order valence-corrected chi connectivity index (χ1v) is 5.87. The SMILES string of the molecule is CCc1nnsc1C(=O)N1CCNC(=O)C1. The molecule has 0 atom stereocenters. The maximum absolute atomic E-state index is 12.1. The van der Waals surface area contributed by atoms with E-state index in [-0.39, 0.29) is 18.4 Å². The smallest absolute Gasteiger partial charge is 0.268 e. The Morgan fingerprint density at radius 2 is 2.44 bits per heavy atom. The number of aromatic nitrogens is 2. The van der Waals surface area contributed by atoms with E-state index >= 15 is 0 Å². The Morgan fingerprint density at radius 3 is 3.12 bits per heavy atom. The van der Waals surface area contributed by atoms with Gasteiger partial charge in [0.2, 0.25) is 5.91 Å². The molecule has 0 aromatic carbocycles. The highest BCUT2D eigenvalue weighted by molar-refractivity contribution is 7.08. The monoisotopic (exact) mass is 240 g/mol. The highest BCUT2D eigenvalue weighted by atomic mass is 32.1. The Balaban J connectivity index is 2.15. The summed E-state index contributed by atoms with van der Waals surface area (Å²) in [5, 5.41) is 6.57. The van der Waals surface area contributed by atoms with Crippen LogP contribution in [0.1, 0.15) is 22.3 Å². The lowest BCUT2D eigenvalue weighted by molar-refractivity contribution is -0.123. The predicted molar refractivity (Wildman–Crippen MR) is 58.2 cm³/mol. The number of rotatable bonds is 2. The molecule has 0 radical (unpaired) electrons. The number of nitrogens with zero attached hydrogens (tertiary/aromatic N) is 3. The number of carbonyl (C=O) groups excluding carboxylic acids is 2. The van der Waals surface area contributed by atoms with Crippen molar-refractivity contribution in [3.8, 4) is 0 Å². The minimum atomic E-state index is -0.137. The molecule has 16 heavy (non-hydrogen) atoms. The summed E-state index contributed by atoms with van der Waals surface area (Å²) in [6, 6.07) is 0. The molecule has 7 heteroatoms. The molecule has 0 spiro atoms. The molecule has 1 N–H and O–H groups in total. The molecule has 0 bridgehead atoms. The zero-order valence-corrected chi connectivity index (χ0v) is 9.71. The normalized spacial score (nSPS) is 16.1. The van der Waals surface area contributed by atoms with Gasteiger partial charge >= 0.3 is 0 Å². The van der Waals surface area contributed by atoms with Crippen LogP contribution >= 0.6 is 11.5 Å². The van der Waals surface area contributed by atoms with E-state index in [1.165, 1.54) is 4.90 Å². The zero-order chi connectivity index (χ0) is 11.5. The summed E-state index contributed by atoms with van der Waals surface area (Å²) in [6.07, 6.45) is 0.678. The Labute approximate surface area is 96.8 Å². The minimum Gasteiger partial charge on any atom is -0.353 e. The van der Waals surface area contributed by atoms with Crippen molar-refractivity contribution < 1.29 is 9.59 Å². The minimum absolute atomic E-state index is 0.116. The van der Waals surface area contributed by atoms with Crippen molar-refractivity contribution in [3.05, 3.63) is 10.6 Å². The van der Waals surface area contributed by atoms with E-state index in [0.29, 0.717) is 30.1 Å². The van der Waals surface area contributed by atoms with Crippen molar-refractivity contribution in [2.45, 2.75) is 13.3 Å². The molecule has 6 nitrogen and oxygen atoms in total. The molecule has 1 saturated heterocycles. The van der Waals surface area contributed by atoms with Crippen LogP contribution < -0.4 is 5.32 Å². The molecule has 1 aromatic rings. The van der Waals surface area contributed by atoms with Gasteiger partial charge in [-0.3, -0.25) is 9.59 Å². The van der Waals surface area contributed by atoms with Gasteiger partial charge in [0.05, 0.1) is 12.2 Å². The fourth-order valence-corrected chi connectivity index (χ4v) is 2.28. The van der Waals surface area contributed by atoms with Crippen LogP contribution in [0, 0.1) is 0 Å². The van der Waals surface area contributed by atoms with Gasteiger partial charge in [0.1, 0.15) is 4.88 Å². The van der Waals surface area contributed by atoms with Crippen LogP contribution in [0.4, 0.5) is 0 Å². The van der Waals surface area contributed by atoms with Crippen molar-refractivity contribution >= 4 is 23.3 Å². The molecule has 1 aliphatic rings. The van der Waals surface area contributed by atoms with Crippen LogP contribution in [0.2, 0.25) is 0 Å². The van der Waals surface area contributed by atoms with E-state index in [0.717, 1.165) is 11.5 Å². The van der Waals surface area contributed by atoms with Crippen LogP contribution in [0.25, 0.3) is 0 Å². The maximum Gasteiger partial charge on any atom is 0.268 e. The van der Waals surface area contributed by atoms with Crippen LogP contribution in [-0.2, 0) is 11.2 Å². The summed E-state index contributed by atoms with van der Waals surface area (Å²) in [5.41, 5.74) is 0.709. The number of hydrogen-bond acceptors (Lipinski definition) is 5. The summed E-state index contributed by atoms with van der Waals surface area (Å²) in [6.45, 7) is 3.11. The third-order valence-corrected chi connectivity index (χ3v) is 3.17. The lowest BCUT2D eigenvalue weighted by Crippen LogP contribution is -2.49. The quantitative estimate of drug-likeness (QED) is 0.768. The summed E-state index contributed by atoms with van der Waals surface area (Å²) in [4.78, 5) is 25.3. The van der Waals surface area contributed by atoms with E-state index in [1.54, 1.807) is 0 Å². The average Bonchev–Trinajstić information content (AvgIpc) is 2.76. The largest absolute Gasteiger partial charge is 0.353 e. The van der Waals surface area contributed by atoms with E-state index in [4.69, 9.17) is 0 Å². The molecular weight excluding hydrogens is 228 g/mol. The van der Waals surface area contributed by atoms with Crippen molar-refractivity contribution in [1.29, 1.82) is 0 Å². The van der Waals surface area contributed by atoms with E-state index < -0.39 is 0 Å². The van der Waals surface area contributed by atoms with Gasteiger partial charge in [0.15, 0.2) is 0 Å². The molecule has 0 aliphatic carbocycles. The van der Waals surface area contributed by atoms with Gasteiger partial charge in [-0.15, -0.1) is 5.10 Å². The fraction of sp³-hybridized carbons (Fsp3) is 0.556. The van der Waals surface area contributed by atoms with Crippen LogP contribution in [0.5, 0.6) is 0 Å². The lowest BCUT2D eigenvalue weighted by Gasteiger charge is -2.26. The predicted octanol–water partition coefficient (Wildman–Crippen LogP) is -0.328. The third kappa shape index (κ3) is 2.04. The molecule has 2 heterocycles. The van der Waals surface area contributed by atoms with Gasteiger partial charge < -0.3 is 10.2 Å². The van der Waals surface area contributed by atoms with E-state index in [1.807, 2.05) is 6.92 Å². The topological polar surface area (TPSA) is 75.2 Å². The van der Waals surface area contributed by atoms with Crippen molar-refractivity contribution in [3.63, 3.8) is 0 Å². The van der Waals surface area contributed by atoms with Gasteiger partial charge in [-0.05, 0) is 18.0 Å². The van der Waals surface area contributed by atoms with Gasteiger partial charge in [0, 0.05) is 13.1 Å². The molecule has 1 fully saturated rings.